The van der Waals surface area contributed by atoms with E-state index in [0.29, 0.717) is 0 Å². The standard InChI is InChI=1S/C33H26ClN3/c34-30-19-9-17-28(22-30)26-15-7-14-25(20-26)27-16-8-18-29(21-27)33-36-31(23-10-3-1-4-11-23)35-32(37-33)24-12-5-2-6-13-24/h1-6,8-13,15-22,33H,7,14H2,(H,35,36,37). The fraction of sp³-hybridized carbons (Fsp3) is 0.0909. The summed E-state index contributed by atoms with van der Waals surface area (Å²) >= 11 is 6.26. The van der Waals surface area contributed by atoms with Gasteiger partial charge in [0, 0.05) is 16.1 Å². The monoisotopic (exact) mass is 499 g/mol. The van der Waals surface area contributed by atoms with Crippen molar-refractivity contribution in [3.63, 3.8) is 0 Å². The van der Waals surface area contributed by atoms with E-state index >= 15 is 0 Å². The first-order valence-corrected chi connectivity index (χ1v) is 12.9. The summed E-state index contributed by atoms with van der Waals surface area (Å²) in [5, 5.41) is 4.22. The zero-order chi connectivity index (χ0) is 25.0. The van der Waals surface area contributed by atoms with Gasteiger partial charge in [0.1, 0.15) is 11.7 Å². The van der Waals surface area contributed by atoms with Crippen molar-refractivity contribution in [2.75, 3.05) is 0 Å². The third-order valence-corrected chi connectivity index (χ3v) is 6.89. The van der Waals surface area contributed by atoms with Crippen molar-refractivity contribution in [1.29, 1.82) is 0 Å². The third kappa shape index (κ3) is 5.18. The van der Waals surface area contributed by atoms with Crippen molar-refractivity contribution < 1.29 is 0 Å². The summed E-state index contributed by atoms with van der Waals surface area (Å²) in [6.45, 7) is 0. The maximum absolute atomic E-state index is 6.26. The van der Waals surface area contributed by atoms with Crippen LogP contribution in [-0.2, 0) is 0 Å². The number of nitrogens with one attached hydrogen (secondary N) is 1. The lowest BCUT2D eigenvalue weighted by molar-refractivity contribution is 0.755. The number of hydrogen-bond acceptors (Lipinski definition) is 3. The van der Waals surface area contributed by atoms with Gasteiger partial charge >= 0.3 is 0 Å². The van der Waals surface area contributed by atoms with Gasteiger partial charge in [-0.2, -0.15) is 0 Å². The molecule has 180 valence electrons. The first-order chi connectivity index (χ1) is 18.2. The van der Waals surface area contributed by atoms with Crippen molar-refractivity contribution in [3.8, 4) is 0 Å². The van der Waals surface area contributed by atoms with Crippen LogP contribution in [-0.4, -0.2) is 11.7 Å². The van der Waals surface area contributed by atoms with Crippen LogP contribution in [0.5, 0.6) is 0 Å². The summed E-state index contributed by atoms with van der Waals surface area (Å²) in [4.78, 5) is 10.1. The molecule has 0 saturated heterocycles. The molecule has 0 amide bonds. The highest BCUT2D eigenvalue weighted by Crippen LogP contribution is 2.34. The maximum atomic E-state index is 6.26. The van der Waals surface area contributed by atoms with E-state index in [-0.39, 0.29) is 6.17 Å². The van der Waals surface area contributed by atoms with Crippen LogP contribution in [0.4, 0.5) is 0 Å². The smallest absolute Gasteiger partial charge is 0.169 e. The fourth-order valence-electron chi connectivity index (χ4n) is 4.78. The van der Waals surface area contributed by atoms with Gasteiger partial charge in [0.25, 0.3) is 0 Å². The van der Waals surface area contributed by atoms with Gasteiger partial charge in [0.15, 0.2) is 6.17 Å². The van der Waals surface area contributed by atoms with Gasteiger partial charge in [0.05, 0.1) is 0 Å². The van der Waals surface area contributed by atoms with E-state index in [2.05, 4.69) is 72.1 Å². The van der Waals surface area contributed by atoms with Crippen LogP contribution in [0.2, 0.25) is 5.02 Å². The largest absolute Gasteiger partial charge is 0.324 e. The molecule has 1 heterocycles. The van der Waals surface area contributed by atoms with Gasteiger partial charge in [0.2, 0.25) is 0 Å². The summed E-state index contributed by atoms with van der Waals surface area (Å²) < 4.78 is 0. The normalized spacial score (nSPS) is 15.7. The molecule has 37 heavy (non-hydrogen) atoms. The van der Waals surface area contributed by atoms with Crippen LogP contribution in [0, 0.1) is 0 Å². The maximum Gasteiger partial charge on any atom is 0.169 e. The van der Waals surface area contributed by atoms with E-state index in [1.807, 2.05) is 54.6 Å². The molecule has 0 fully saturated rings. The summed E-state index contributed by atoms with van der Waals surface area (Å²) in [6, 6.07) is 37.2. The number of nitrogens with zero attached hydrogens (tertiary/aromatic N) is 2. The first-order valence-electron chi connectivity index (χ1n) is 12.5. The highest BCUT2D eigenvalue weighted by molar-refractivity contribution is 6.30. The lowest BCUT2D eigenvalue weighted by Crippen LogP contribution is -2.36. The first kappa shape index (κ1) is 23.2. The molecule has 1 N–H and O–H groups in total. The molecule has 2 aliphatic rings. The summed E-state index contributed by atoms with van der Waals surface area (Å²) in [5.74, 6) is 1.65. The van der Waals surface area contributed by atoms with Crippen molar-refractivity contribution >= 4 is 34.4 Å². The number of rotatable bonds is 5. The SMILES string of the molecule is Clc1cccc(C2=CCCC(c3cccc(C4N=C(c5ccccc5)NC(c5ccccc5)=N4)c3)=C2)c1. The molecule has 6 rings (SSSR count). The number of allylic oxidation sites excluding steroid dienone is 4. The molecule has 4 heteroatoms. The Labute approximate surface area is 222 Å². The Balaban J connectivity index is 1.37. The van der Waals surface area contributed by atoms with Crippen molar-refractivity contribution in [3.05, 3.63) is 154 Å². The van der Waals surface area contributed by atoms with Crippen LogP contribution >= 0.6 is 11.6 Å². The molecule has 0 aromatic heterocycles. The molecule has 1 aliphatic carbocycles. The predicted octanol–water partition coefficient (Wildman–Crippen LogP) is 8.10. The molecule has 0 unspecified atom stereocenters. The van der Waals surface area contributed by atoms with Crippen LogP contribution < -0.4 is 5.32 Å². The summed E-state index contributed by atoms with van der Waals surface area (Å²) in [5.41, 5.74) is 8.03. The van der Waals surface area contributed by atoms with Gasteiger partial charge in [-0.1, -0.05) is 115 Å². The van der Waals surface area contributed by atoms with E-state index in [1.165, 1.54) is 16.7 Å². The minimum absolute atomic E-state index is 0.334. The average Bonchev–Trinajstić information content (AvgIpc) is 2.98. The Morgan fingerprint density at radius 3 is 1.95 bits per heavy atom. The Hall–Kier alpha value is -4.21. The van der Waals surface area contributed by atoms with Gasteiger partial charge in [-0.15, -0.1) is 0 Å². The van der Waals surface area contributed by atoms with Gasteiger partial charge in [-0.3, -0.25) is 0 Å². The van der Waals surface area contributed by atoms with Gasteiger partial charge in [-0.25, -0.2) is 9.98 Å². The quantitative estimate of drug-likeness (QED) is 0.296. The number of benzene rings is 4. The van der Waals surface area contributed by atoms with E-state index in [0.717, 1.165) is 51.8 Å². The molecule has 4 aromatic rings. The molecule has 0 radical (unpaired) electrons. The van der Waals surface area contributed by atoms with E-state index < -0.39 is 0 Å². The Morgan fingerprint density at radius 2 is 1.27 bits per heavy atom. The molecular weight excluding hydrogens is 474 g/mol. The van der Waals surface area contributed by atoms with Crippen LogP contribution in [0.1, 0.15) is 46.8 Å². The summed E-state index contributed by atoms with van der Waals surface area (Å²) in [6.07, 6.45) is 6.24. The van der Waals surface area contributed by atoms with Crippen LogP contribution in [0.15, 0.2) is 131 Å². The van der Waals surface area contributed by atoms with Crippen molar-refractivity contribution in [2.24, 2.45) is 9.98 Å². The van der Waals surface area contributed by atoms with Crippen LogP contribution in [0.25, 0.3) is 11.1 Å². The second-order valence-electron chi connectivity index (χ2n) is 9.19. The highest BCUT2D eigenvalue weighted by atomic mass is 35.5. The number of hydrogen-bond donors (Lipinski definition) is 1. The molecule has 4 aromatic carbocycles. The number of halogens is 1. The van der Waals surface area contributed by atoms with Crippen molar-refractivity contribution in [1.82, 2.24) is 5.32 Å². The second-order valence-corrected chi connectivity index (χ2v) is 9.63. The van der Waals surface area contributed by atoms with Gasteiger partial charge < -0.3 is 5.32 Å². The molecule has 0 spiro atoms. The van der Waals surface area contributed by atoms with Crippen molar-refractivity contribution in [2.45, 2.75) is 19.0 Å². The fourth-order valence-corrected chi connectivity index (χ4v) is 4.97. The zero-order valence-electron chi connectivity index (χ0n) is 20.3. The molecule has 0 bridgehead atoms. The van der Waals surface area contributed by atoms with E-state index in [9.17, 15) is 0 Å². The molecular formula is C33H26ClN3. The number of aliphatic imine (C=N–C) groups is 2. The minimum Gasteiger partial charge on any atom is -0.324 e. The second kappa shape index (κ2) is 10.4. The third-order valence-electron chi connectivity index (χ3n) is 6.66. The topological polar surface area (TPSA) is 36.8 Å². The highest BCUT2D eigenvalue weighted by Gasteiger charge is 2.21. The molecule has 3 nitrogen and oxygen atoms in total. The average molecular weight is 500 g/mol. The van der Waals surface area contributed by atoms with Crippen LogP contribution in [0.3, 0.4) is 0 Å². The van der Waals surface area contributed by atoms with Gasteiger partial charge in [-0.05, 0) is 58.9 Å². The zero-order valence-corrected chi connectivity index (χ0v) is 21.1. The Morgan fingerprint density at radius 1 is 0.649 bits per heavy atom. The van der Waals surface area contributed by atoms with E-state index in [4.69, 9.17) is 21.6 Å². The molecule has 0 atom stereocenters. The Bertz CT molecular complexity index is 1490. The molecule has 0 saturated carbocycles. The summed E-state index contributed by atoms with van der Waals surface area (Å²) in [7, 11) is 0. The lowest BCUT2D eigenvalue weighted by Gasteiger charge is -2.23. The number of amidine groups is 2. The Kier molecular flexibility index (Phi) is 6.53. The predicted molar refractivity (Wildman–Crippen MR) is 155 cm³/mol. The minimum atomic E-state index is -0.334. The van der Waals surface area contributed by atoms with E-state index in [1.54, 1.807) is 0 Å². The lowest BCUT2D eigenvalue weighted by atomic mass is 9.90. The molecule has 1 aliphatic heterocycles.